The molecule has 4 N–H and O–H groups in total. The number of rotatable bonds is 28. The monoisotopic (exact) mass is 513 g/mol. The number of carbonyl (C=O) groups excluding carboxylic acids is 1. The van der Waals surface area contributed by atoms with Crippen LogP contribution in [0.5, 0.6) is 0 Å². The molecule has 0 aromatic carbocycles. The highest BCUT2D eigenvalue weighted by Crippen LogP contribution is 2.15. The van der Waals surface area contributed by atoms with Gasteiger partial charge in [0.1, 0.15) is 6.10 Å². The van der Waals surface area contributed by atoms with E-state index in [9.17, 15) is 20.1 Å². The summed E-state index contributed by atoms with van der Waals surface area (Å²) in [6.07, 6.45) is 26.2. The van der Waals surface area contributed by atoms with Gasteiger partial charge in [-0.05, 0) is 12.8 Å². The fourth-order valence-corrected chi connectivity index (χ4v) is 4.92. The lowest BCUT2D eigenvalue weighted by atomic mass is 9.99. The van der Waals surface area contributed by atoms with Crippen molar-refractivity contribution in [2.24, 2.45) is 0 Å². The van der Waals surface area contributed by atoms with Crippen LogP contribution in [0, 0.1) is 0 Å². The minimum Gasteiger partial charge on any atom is -0.394 e. The molecular weight excluding hydrogens is 450 g/mol. The van der Waals surface area contributed by atoms with Crippen LogP contribution in [0.4, 0.5) is 0 Å². The zero-order chi connectivity index (χ0) is 26.7. The van der Waals surface area contributed by atoms with Crippen molar-refractivity contribution >= 4 is 5.91 Å². The largest absolute Gasteiger partial charge is 0.394 e. The molecular formula is C31H63NO4. The standard InChI is InChI=1S/C31H63NO4/c1-3-5-7-9-11-13-14-15-16-17-18-20-22-24-26-30(35)32-28(27-33)31(36)29(34)25-23-21-19-12-10-8-6-4-2/h28-29,31,33-34,36H,3-27H2,1-2H3,(H,32,35)/t28-,29+,31-/m0/s1. The molecule has 0 fully saturated rings. The molecule has 216 valence electrons. The van der Waals surface area contributed by atoms with Crippen LogP contribution < -0.4 is 5.32 Å². The third-order valence-corrected chi connectivity index (χ3v) is 7.46. The molecule has 0 aromatic heterocycles. The highest BCUT2D eigenvalue weighted by molar-refractivity contribution is 5.76. The maximum atomic E-state index is 12.3. The molecule has 5 nitrogen and oxygen atoms in total. The minimum absolute atomic E-state index is 0.147. The van der Waals surface area contributed by atoms with E-state index in [2.05, 4.69) is 19.2 Å². The molecule has 1 amide bonds. The number of aliphatic hydroxyl groups excluding tert-OH is 3. The number of hydrogen-bond donors (Lipinski definition) is 4. The van der Waals surface area contributed by atoms with Crippen LogP contribution in [0.3, 0.4) is 0 Å². The van der Waals surface area contributed by atoms with Gasteiger partial charge >= 0.3 is 0 Å². The van der Waals surface area contributed by atoms with Crippen molar-refractivity contribution in [2.75, 3.05) is 6.61 Å². The second kappa shape index (κ2) is 27.4. The van der Waals surface area contributed by atoms with Gasteiger partial charge in [-0.1, -0.05) is 149 Å². The second-order valence-electron chi connectivity index (χ2n) is 11.0. The summed E-state index contributed by atoms with van der Waals surface area (Å²) in [5.74, 6) is -0.147. The Balaban J connectivity index is 3.69. The first kappa shape index (κ1) is 35.4. The number of unbranched alkanes of at least 4 members (excludes halogenated alkanes) is 20. The molecule has 0 spiro atoms. The number of aliphatic hydroxyl groups is 3. The first-order chi connectivity index (χ1) is 17.6. The summed E-state index contributed by atoms with van der Waals surface area (Å²) < 4.78 is 0. The van der Waals surface area contributed by atoms with Crippen molar-refractivity contribution < 1.29 is 20.1 Å². The van der Waals surface area contributed by atoms with Crippen LogP contribution in [-0.4, -0.2) is 46.1 Å². The summed E-state index contributed by atoms with van der Waals surface area (Å²) in [5.41, 5.74) is 0. The predicted molar refractivity (Wildman–Crippen MR) is 153 cm³/mol. The fraction of sp³-hybridized carbons (Fsp3) is 0.968. The third kappa shape index (κ3) is 22.5. The summed E-state index contributed by atoms with van der Waals surface area (Å²) in [6.45, 7) is 4.12. The van der Waals surface area contributed by atoms with Crippen LogP contribution in [0.1, 0.15) is 168 Å². The summed E-state index contributed by atoms with van der Waals surface area (Å²) >= 11 is 0. The van der Waals surface area contributed by atoms with Crippen LogP contribution in [-0.2, 0) is 4.79 Å². The van der Waals surface area contributed by atoms with Gasteiger partial charge < -0.3 is 20.6 Å². The van der Waals surface area contributed by atoms with Gasteiger partial charge in [-0.2, -0.15) is 0 Å². The van der Waals surface area contributed by atoms with E-state index in [1.54, 1.807) is 0 Å². The highest BCUT2D eigenvalue weighted by Gasteiger charge is 2.26. The van der Waals surface area contributed by atoms with Gasteiger partial charge in [0.05, 0.1) is 18.8 Å². The normalized spacial score (nSPS) is 14.0. The highest BCUT2D eigenvalue weighted by atomic mass is 16.3. The summed E-state index contributed by atoms with van der Waals surface area (Å²) in [6, 6.07) is -0.798. The van der Waals surface area contributed by atoms with Crippen molar-refractivity contribution in [1.29, 1.82) is 0 Å². The second-order valence-corrected chi connectivity index (χ2v) is 11.0. The molecule has 0 aliphatic rings. The van der Waals surface area contributed by atoms with E-state index in [1.807, 2.05) is 0 Å². The molecule has 0 aromatic rings. The van der Waals surface area contributed by atoms with E-state index in [0.717, 1.165) is 38.5 Å². The molecule has 3 atom stereocenters. The van der Waals surface area contributed by atoms with E-state index in [-0.39, 0.29) is 12.5 Å². The number of hydrogen-bond acceptors (Lipinski definition) is 4. The van der Waals surface area contributed by atoms with Crippen molar-refractivity contribution in [1.82, 2.24) is 5.32 Å². The number of nitrogens with one attached hydrogen (secondary N) is 1. The minimum atomic E-state index is -1.13. The maximum absolute atomic E-state index is 12.3. The lowest BCUT2D eigenvalue weighted by molar-refractivity contribution is -0.124. The van der Waals surface area contributed by atoms with Crippen LogP contribution >= 0.6 is 0 Å². The lowest BCUT2D eigenvalue weighted by Gasteiger charge is -2.26. The van der Waals surface area contributed by atoms with Gasteiger partial charge in [0.15, 0.2) is 0 Å². The van der Waals surface area contributed by atoms with Gasteiger partial charge in [0, 0.05) is 6.42 Å². The molecule has 0 saturated carbocycles. The number of carbonyl (C=O) groups is 1. The molecule has 0 unspecified atom stereocenters. The van der Waals surface area contributed by atoms with Gasteiger partial charge in [-0.3, -0.25) is 4.79 Å². The van der Waals surface area contributed by atoms with E-state index in [4.69, 9.17) is 0 Å². The molecule has 0 radical (unpaired) electrons. The van der Waals surface area contributed by atoms with Crippen LogP contribution in [0.2, 0.25) is 0 Å². The Morgan fingerprint density at radius 3 is 1.33 bits per heavy atom. The average molecular weight is 514 g/mol. The van der Waals surface area contributed by atoms with Crippen molar-refractivity contribution in [3.8, 4) is 0 Å². The topological polar surface area (TPSA) is 89.8 Å². The van der Waals surface area contributed by atoms with Crippen molar-refractivity contribution in [3.63, 3.8) is 0 Å². The van der Waals surface area contributed by atoms with Crippen LogP contribution in [0.15, 0.2) is 0 Å². The van der Waals surface area contributed by atoms with E-state index < -0.39 is 18.2 Å². The van der Waals surface area contributed by atoms with Gasteiger partial charge in [0.2, 0.25) is 5.91 Å². The quantitative estimate of drug-likeness (QED) is 0.0811. The fourth-order valence-electron chi connectivity index (χ4n) is 4.92. The van der Waals surface area contributed by atoms with E-state index in [1.165, 1.54) is 103 Å². The zero-order valence-electron chi connectivity index (χ0n) is 24.2. The van der Waals surface area contributed by atoms with Crippen molar-refractivity contribution in [3.05, 3.63) is 0 Å². The smallest absolute Gasteiger partial charge is 0.220 e. The molecule has 0 rings (SSSR count). The van der Waals surface area contributed by atoms with E-state index >= 15 is 0 Å². The Morgan fingerprint density at radius 2 is 0.944 bits per heavy atom. The molecule has 0 bridgehead atoms. The average Bonchev–Trinajstić information content (AvgIpc) is 2.88. The third-order valence-electron chi connectivity index (χ3n) is 7.46. The van der Waals surface area contributed by atoms with Gasteiger partial charge in [-0.15, -0.1) is 0 Å². The first-order valence-electron chi connectivity index (χ1n) is 15.8. The lowest BCUT2D eigenvalue weighted by Crippen LogP contribution is -2.50. The molecule has 0 heterocycles. The Hall–Kier alpha value is -0.650. The summed E-state index contributed by atoms with van der Waals surface area (Å²) in [7, 11) is 0. The van der Waals surface area contributed by atoms with E-state index in [0.29, 0.717) is 12.8 Å². The number of amides is 1. The summed E-state index contributed by atoms with van der Waals surface area (Å²) in [4.78, 5) is 12.3. The molecule has 36 heavy (non-hydrogen) atoms. The SMILES string of the molecule is CCCCCCCCCCCCCCCCC(=O)N[C@@H](CO)[C@H](O)[C@H](O)CCCCCCCCCC. The molecule has 5 heteroatoms. The van der Waals surface area contributed by atoms with Gasteiger partial charge in [-0.25, -0.2) is 0 Å². The van der Waals surface area contributed by atoms with Crippen LogP contribution in [0.25, 0.3) is 0 Å². The Morgan fingerprint density at radius 1 is 0.583 bits per heavy atom. The van der Waals surface area contributed by atoms with Crippen molar-refractivity contribution in [2.45, 2.75) is 186 Å². The van der Waals surface area contributed by atoms with Gasteiger partial charge in [0.25, 0.3) is 0 Å². The Bertz CT molecular complexity index is 460. The summed E-state index contributed by atoms with van der Waals surface area (Å²) in [5, 5.41) is 33.0. The maximum Gasteiger partial charge on any atom is 0.220 e. The predicted octanol–water partition coefficient (Wildman–Crippen LogP) is 7.59. The molecule has 0 saturated heterocycles. The first-order valence-corrected chi connectivity index (χ1v) is 15.8. The molecule has 0 aliphatic heterocycles. The Labute approximate surface area is 224 Å². The zero-order valence-corrected chi connectivity index (χ0v) is 24.2. The molecule has 0 aliphatic carbocycles. The Kier molecular flexibility index (Phi) is 26.9.